The van der Waals surface area contributed by atoms with Crippen LogP contribution in [0.5, 0.6) is 5.75 Å². The standard InChI is InChI=1S/C24H17ClF3N3O3/c1-31-20(32)23(30-22(31)29,16-11-5-6-13-18(16)34-21(33)24(26,27)28)17-12-7-10-15(19(17)25)14-8-3-2-4-9-14/h2-13H,1H3,(H2,29,30). The van der Waals surface area contributed by atoms with Gasteiger partial charge in [-0.05, 0) is 11.6 Å². The minimum absolute atomic E-state index is 0.114. The summed E-state index contributed by atoms with van der Waals surface area (Å²) in [6.45, 7) is 0. The summed E-state index contributed by atoms with van der Waals surface area (Å²) in [5, 5.41) is 0.144. The van der Waals surface area contributed by atoms with Crippen molar-refractivity contribution in [3.05, 3.63) is 88.9 Å². The lowest BCUT2D eigenvalue weighted by Gasteiger charge is -2.29. The second kappa shape index (κ2) is 8.49. The van der Waals surface area contributed by atoms with Crippen LogP contribution in [-0.4, -0.2) is 36.0 Å². The lowest BCUT2D eigenvalue weighted by atomic mass is 9.81. The SMILES string of the molecule is CN1C(=O)C(c2ccccc2OC(=O)C(F)(F)F)(c2cccc(-c3ccccc3)c2Cl)N=C1N. The molecule has 0 radical (unpaired) electrons. The zero-order valence-corrected chi connectivity index (χ0v) is 18.4. The number of rotatable bonds is 4. The molecule has 0 aliphatic carbocycles. The van der Waals surface area contributed by atoms with Crippen molar-refractivity contribution in [3.63, 3.8) is 0 Å². The topological polar surface area (TPSA) is 85.0 Å². The van der Waals surface area contributed by atoms with Crippen LogP contribution in [0.1, 0.15) is 11.1 Å². The van der Waals surface area contributed by atoms with Crippen molar-refractivity contribution in [1.82, 2.24) is 4.90 Å². The number of amides is 1. The Labute approximate surface area is 197 Å². The average molecular weight is 488 g/mol. The zero-order chi connectivity index (χ0) is 24.7. The number of ether oxygens (including phenoxy) is 1. The molecule has 1 aliphatic heterocycles. The number of carbonyl (C=O) groups excluding carboxylic acids is 2. The summed E-state index contributed by atoms with van der Waals surface area (Å²) in [5.74, 6) is -3.78. The molecule has 0 spiro atoms. The number of benzene rings is 3. The highest BCUT2D eigenvalue weighted by atomic mass is 35.5. The molecule has 1 aliphatic rings. The van der Waals surface area contributed by atoms with Gasteiger partial charge in [0.2, 0.25) is 0 Å². The summed E-state index contributed by atoms with van der Waals surface area (Å²) in [5.41, 5.74) is 5.35. The Morgan fingerprint density at radius 1 is 1.00 bits per heavy atom. The first-order valence-electron chi connectivity index (χ1n) is 9.93. The Morgan fingerprint density at radius 3 is 2.24 bits per heavy atom. The minimum atomic E-state index is -5.25. The first-order chi connectivity index (χ1) is 16.1. The number of alkyl halides is 3. The molecule has 6 nitrogen and oxygen atoms in total. The number of carbonyl (C=O) groups is 2. The minimum Gasteiger partial charge on any atom is -0.419 e. The molecular formula is C24H17ClF3N3O3. The third-order valence-electron chi connectivity index (χ3n) is 5.42. The van der Waals surface area contributed by atoms with Crippen molar-refractivity contribution in [2.45, 2.75) is 11.7 Å². The van der Waals surface area contributed by atoms with Gasteiger partial charge in [0.1, 0.15) is 5.75 Å². The van der Waals surface area contributed by atoms with Gasteiger partial charge in [-0.3, -0.25) is 9.69 Å². The molecule has 3 aromatic carbocycles. The largest absolute Gasteiger partial charge is 0.491 e. The first kappa shape index (κ1) is 23.3. The molecule has 0 aromatic heterocycles. The lowest BCUT2D eigenvalue weighted by Crippen LogP contribution is -2.41. The van der Waals surface area contributed by atoms with Crippen molar-refractivity contribution in [3.8, 4) is 16.9 Å². The van der Waals surface area contributed by atoms with Crippen molar-refractivity contribution in [2.75, 3.05) is 7.05 Å². The molecule has 1 heterocycles. The zero-order valence-electron chi connectivity index (χ0n) is 17.6. The van der Waals surface area contributed by atoms with E-state index in [1.165, 1.54) is 31.3 Å². The summed E-state index contributed by atoms with van der Waals surface area (Å²) in [4.78, 5) is 30.6. The van der Waals surface area contributed by atoms with Crippen molar-refractivity contribution in [1.29, 1.82) is 0 Å². The summed E-state index contributed by atoms with van der Waals surface area (Å²) in [6.07, 6.45) is -5.25. The molecule has 2 N–H and O–H groups in total. The molecule has 0 fully saturated rings. The van der Waals surface area contributed by atoms with Crippen molar-refractivity contribution in [2.24, 2.45) is 10.7 Å². The van der Waals surface area contributed by atoms with E-state index in [4.69, 9.17) is 17.3 Å². The van der Waals surface area contributed by atoms with Gasteiger partial charge in [0.05, 0.1) is 5.02 Å². The number of nitrogens with zero attached hydrogens (tertiary/aromatic N) is 2. The van der Waals surface area contributed by atoms with Gasteiger partial charge < -0.3 is 10.5 Å². The van der Waals surface area contributed by atoms with Crippen LogP contribution >= 0.6 is 11.6 Å². The number of guanidine groups is 1. The predicted octanol–water partition coefficient (Wildman–Crippen LogP) is 4.51. The van der Waals surface area contributed by atoms with E-state index in [1.54, 1.807) is 12.1 Å². The predicted molar refractivity (Wildman–Crippen MR) is 120 cm³/mol. The molecule has 0 bridgehead atoms. The fraction of sp³-hybridized carbons (Fsp3) is 0.125. The van der Waals surface area contributed by atoms with Gasteiger partial charge in [0.25, 0.3) is 5.91 Å². The van der Waals surface area contributed by atoms with E-state index in [1.807, 2.05) is 30.3 Å². The van der Waals surface area contributed by atoms with E-state index >= 15 is 0 Å². The second-order valence-corrected chi connectivity index (χ2v) is 7.84. The van der Waals surface area contributed by atoms with E-state index in [2.05, 4.69) is 9.73 Å². The van der Waals surface area contributed by atoms with Gasteiger partial charge in [-0.15, -0.1) is 0 Å². The number of nitrogens with two attached hydrogens (primary N) is 1. The van der Waals surface area contributed by atoms with Crippen LogP contribution in [-0.2, 0) is 15.1 Å². The lowest BCUT2D eigenvalue weighted by molar-refractivity contribution is -0.189. The summed E-state index contributed by atoms with van der Waals surface area (Å²) in [7, 11) is 1.38. The normalized spacial score (nSPS) is 18.1. The smallest absolute Gasteiger partial charge is 0.419 e. The highest BCUT2D eigenvalue weighted by Gasteiger charge is 2.53. The number of aliphatic imine (C=N–C) groups is 1. The maximum absolute atomic E-state index is 13.6. The molecule has 0 saturated carbocycles. The number of esters is 1. The van der Waals surface area contributed by atoms with E-state index < -0.39 is 29.3 Å². The number of para-hydroxylation sites is 1. The average Bonchev–Trinajstić information content (AvgIpc) is 3.04. The van der Waals surface area contributed by atoms with Gasteiger partial charge in [-0.25, -0.2) is 9.79 Å². The Balaban J connectivity index is 1.99. The van der Waals surface area contributed by atoms with Crippen LogP contribution in [0.25, 0.3) is 11.1 Å². The van der Waals surface area contributed by atoms with Gasteiger partial charge in [-0.1, -0.05) is 78.3 Å². The van der Waals surface area contributed by atoms with E-state index in [-0.39, 0.29) is 22.1 Å². The van der Waals surface area contributed by atoms with E-state index in [0.29, 0.717) is 5.56 Å². The van der Waals surface area contributed by atoms with Crippen LogP contribution in [0.4, 0.5) is 13.2 Å². The molecule has 0 saturated heterocycles. The van der Waals surface area contributed by atoms with E-state index in [9.17, 15) is 22.8 Å². The third-order valence-corrected chi connectivity index (χ3v) is 5.83. The number of hydrogen-bond donors (Lipinski definition) is 1. The molecule has 174 valence electrons. The molecule has 10 heteroatoms. The van der Waals surface area contributed by atoms with Crippen LogP contribution < -0.4 is 10.5 Å². The van der Waals surface area contributed by atoms with Crippen molar-refractivity contribution >= 4 is 29.4 Å². The third kappa shape index (κ3) is 3.77. The highest BCUT2D eigenvalue weighted by molar-refractivity contribution is 6.35. The first-order valence-corrected chi connectivity index (χ1v) is 10.3. The van der Waals surface area contributed by atoms with E-state index in [0.717, 1.165) is 16.5 Å². The van der Waals surface area contributed by atoms with Crippen LogP contribution in [0.3, 0.4) is 0 Å². The van der Waals surface area contributed by atoms with Crippen LogP contribution in [0.2, 0.25) is 5.02 Å². The Kier molecular flexibility index (Phi) is 5.82. The number of halogens is 4. The Hall–Kier alpha value is -3.85. The number of hydrogen-bond acceptors (Lipinski definition) is 5. The Morgan fingerprint density at radius 2 is 1.62 bits per heavy atom. The molecule has 34 heavy (non-hydrogen) atoms. The monoisotopic (exact) mass is 487 g/mol. The molecular weight excluding hydrogens is 471 g/mol. The van der Waals surface area contributed by atoms with Crippen LogP contribution in [0, 0.1) is 0 Å². The molecule has 4 rings (SSSR count). The summed E-state index contributed by atoms with van der Waals surface area (Å²) < 4.78 is 43.5. The van der Waals surface area contributed by atoms with Gasteiger partial charge in [0, 0.05) is 23.7 Å². The van der Waals surface area contributed by atoms with Gasteiger partial charge >= 0.3 is 12.1 Å². The van der Waals surface area contributed by atoms with Gasteiger partial charge in [0.15, 0.2) is 11.5 Å². The Bertz CT molecular complexity index is 1310. The van der Waals surface area contributed by atoms with Crippen LogP contribution in [0.15, 0.2) is 77.8 Å². The summed E-state index contributed by atoms with van der Waals surface area (Å²) >= 11 is 6.79. The molecule has 1 amide bonds. The maximum Gasteiger partial charge on any atom is 0.491 e. The molecule has 1 unspecified atom stereocenters. The quantitative estimate of drug-likeness (QED) is 0.433. The highest BCUT2D eigenvalue weighted by Crippen LogP contribution is 2.47. The molecule has 1 atom stereocenters. The number of likely N-dealkylation sites (N-methyl/N-ethyl adjacent to an activating group) is 1. The molecule has 3 aromatic rings. The fourth-order valence-electron chi connectivity index (χ4n) is 3.80. The fourth-order valence-corrected chi connectivity index (χ4v) is 4.17. The van der Waals surface area contributed by atoms with Gasteiger partial charge in [-0.2, -0.15) is 13.2 Å². The summed E-state index contributed by atoms with van der Waals surface area (Å²) in [6, 6.07) is 19.3. The second-order valence-electron chi connectivity index (χ2n) is 7.46. The van der Waals surface area contributed by atoms with Crippen molar-refractivity contribution < 1.29 is 27.5 Å². The maximum atomic E-state index is 13.6.